The monoisotopic (exact) mass is 316 g/mol. The standard InChI is InChI=1S/C20H16N2O2/c23-20-22-18(19(24-20)15-10-5-2-6-11-15)17-13-7-12-16(21-17)14-8-3-1-4-9-14/h1-13,18-19H,(H,22,23)/t18-,19-/m1/s1. The molecule has 24 heavy (non-hydrogen) atoms. The van der Waals surface area contributed by atoms with Crippen LogP contribution in [0, 0.1) is 0 Å². The van der Waals surface area contributed by atoms with Gasteiger partial charge in [-0.1, -0.05) is 66.7 Å². The molecular formula is C20H16N2O2. The number of nitrogens with one attached hydrogen (secondary N) is 1. The second-order valence-electron chi connectivity index (χ2n) is 5.67. The van der Waals surface area contributed by atoms with E-state index in [2.05, 4.69) is 5.32 Å². The van der Waals surface area contributed by atoms with Crippen molar-refractivity contribution in [1.82, 2.24) is 10.3 Å². The number of nitrogens with zero attached hydrogens (tertiary/aromatic N) is 1. The van der Waals surface area contributed by atoms with E-state index >= 15 is 0 Å². The van der Waals surface area contributed by atoms with E-state index in [0.717, 1.165) is 22.5 Å². The Labute approximate surface area is 140 Å². The minimum atomic E-state index is -0.416. The summed E-state index contributed by atoms with van der Waals surface area (Å²) >= 11 is 0. The molecule has 2 aromatic carbocycles. The predicted molar refractivity (Wildman–Crippen MR) is 91.2 cm³/mol. The first-order chi connectivity index (χ1) is 11.8. The van der Waals surface area contributed by atoms with Gasteiger partial charge in [0.15, 0.2) is 6.10 Å². The molecule has 0 unspecified atom stereocenters. The van der Waals surface area contributed by atoms with Crippen LogP contribution < -0.4 is 5.32 Å². The average molecular weight is 316 g/mol. The second-order valence-corrected chi connectivity index (χ2v) is 5.67. The molecule has 1 N–H and O–H groups in total. The van der Waals surface area contributed by atoms with Crippen LogP contribution >= 0.6 is 0 Å². The Morgan fingerprint density at radius 3 is 2.29 bits per heavy atom. The molecule has 2 heterocycles. The van der Waals surface area contributed by atoms with Gasteiger partial charge < -0.3 is 10.1 Å². The van der Waals surface area contributed by atoms with E-state index in [1.54, 1.807) is 0 Å². The van der Waals surface area contributed by atoms with Crippen LogP contribution in [0.1, 0.15) is 23.4 Å². The number of alkyl carbamates (subject to hydrolysis) is 1. The molecule has 0 aliphatic carbocycles. The largest absolute Gasteiger partial charge is 0.439 e. The number of hydrogen-bond acceptors (Lipinski definition) is 3. The van der Waals surface area contributed by atoms with Crippen LogP contribution in [0.5, 0.6) is 0 Å². The topological polar surface area (TPSA) is 51.2 Å². The van der Waals surface area contributed by atoms with Gasteiger partial charge in [-0.2, -0.15) is 0 Å². The zero-order valence-corrected chi connectivity index (χ0v) is 12.9. The summed E-state index contributed by atoms with van der Waals surface area (Å²) in [5, 5.41) is 2.87. The molecule has 1 amide bonds. The summed E-state index contributed by atoms with van der Waals surface area (Å²) < 4.78 is 5.47. The minimum absolute atomic E-state index is 0.302. The molecular weight excluding hydrogens is 300 g/mol. The lowest BCUT2D eigenvalue weighted by molar-refractivity contribution is 0.132. The molecule has 1 aliphatic rings. The van der Waals surface area contributed by atoms with Gasteiger partial charge in [-0.15, -0.1) is 0 Å². The quantitative estimate of drug-likeness (QED) is 0.785. The predicted octanol–water partition coefficient (Wildman–Crippen LogP) is 4.27. The number of hydrogen-bond donors (Lipinski definition) is 1. The number of amides is 1. The number of cyclic esters (lactones) is 1. The van der Waals surface area contributed by atoms with Gasteiger partial charge in [0.25, 0.3) is 0 Å². The molecule has 1 aliphatic heterocycles. The number of rotatable bonds is 3. The summed E-state index contributed by atoms with van der Waals surface area (Å²) in [7, 11) is 0. The molecule has 0 saturated carbocycles. The molecule has 0 spiro atoms. The van der Waals surface area contributed by atoms with Gasteiger partial charge in [-0.25, -0.2) is 4.79 Å². The third kappa shape index (κ3) is 2.74. The highest BCUT2D eigenvalue weighted by molar-refractivity contribution is 5.71. The summed E-state index contributed by atoms with van der Waals surface area (Å²) in [6, 6.07) is 25.2. The Hall–Kier alpha value is -3.14. The fourth-order valence-electron chi connectivity index (χ4n) is 2.95. The summed E-state index contributed by atoms with van der Waals surface area (Å²) in [5.74, 6) is 0. The van der Waals surface area contributed by atoms with Crippen LogP contribution in [0.15, 0.2) is 78.9 Å². The summed E-state index contributed by atoms with van der Waals surface area (Å²) in [4.78, 5) is 16.5. The van der Waals surface area contributed by atoms with E-state index in [4.69, 9.17) is 9.72 Å². The number of aromatic nitrogens is 1. The highest BCUT2D eigenvalue weighted by Crippen LogP contribution is 2.36. The molecule has 3 aromatic rings. The van der Waals surface area contributed by atoms with E-state index < -0.39 is 6.09 Å². The van der Waals surface area contributed by atoms with Crippen molar-refractivity contribution < 1.29 is 9.53 Å². The summed E-state index contributed by atoms with van der Waals surface area (Å²) in [5.41, 5.74) is 3.66. The first-order valence-corrected chi connectivity index (χ1v) is 7.86. The van der Waals surface area contributed by atoms with Crippen molar-refractivity contribution in [3.05, 3.63) is 90.1 Å². The molecule has 1 fully saturated rings. The Morgan fingerprint density at radius 2 is 1.54 bits per heavy atom. The van der Waals surface area contributed by atoms with Crippen LogP contribution in [-0.4, -0.2) is 11.1 Å². The molecule has 4 nitrogen and oxygen atoms in total. The van der Waals surface area contributed by atoms with Gasteiger partial charge >= 0.3 is 6.09 Å². The maximum Gasteiger partial charge on any atom is 0.408 e. The highest BCUT2D eigenvalue weighted by Gasteiger charge is 2.37. The van der Waals surface area contributed by atoms with Crippen molar-refractivity contribution in [2.75, 3.05) is 0 Å². The molecule has 118 valence electrons. The lowest BCUT2D eigenvalue weighted by atomic mass is 9.99. The number of benzene rings is 2. The molecule has 1 saturated heterocycles. The third-order valence-electron chi connectivity index (χ3n) is 4.10. The van der Waals surface area contributed by atoms with Crippen LogP contribution in [0.2, 0.25) is 0 Å². The van der Waals surface area contributed by atoms with Gasteiger partial charge in [0, 0.05) is 5.56 Å². The Balaban J connectivity index is 1.71. The second kappa shape index (κ2) is 6.16. The number of carbonyl (C=O) groups is 1. The van der Waals surface area contributed by atoms with Crippen LogP contribution in [0.4, 0.5) is 4.79 Å². The molecule has 4 heteroatoms. The number of ether oxygens (including phenoxy) is 1. The maximum atomic E-state index is 11.8. The Kier molecular flexibility index (Phi) is 3.71. The van der Waals surface area contributed by atoms with Gasteiger partial charge in [0.2, 0.25) is 0 Å². The average Bonchev–Trinajstić information content (AvgIpc) is 3.05. The first kappa shape index (κ1) is 14.5. The van der Waals surface area contributed by atoms with Crippen molar-refractivity contribution in [3.8, 4) is 11.3 Å². The summed E-state index contributed by atoms with van der Waals surface area (Å²) in [6.45, 7) is 0. The molecule has 4 rings (SSSR count). The van der Waals surface area contributed by atoms with Crippen LogP contribution in [0.25, 0.3) is 11.3 Å². The van der Waals surface area contributed by atoms with Crippen molar-refractivity contribution in [3.63, 3.8) is 0 Å². The Morgan fingerprint density at radius 1 is 0.833 bits per heavy atom. The van der Waals surface area contributed by atoms with Crippen molar-refractivity contribution in [2.45, 2.75) is 12.1 Å². The SMILES string of the molecule is O=C1N[C@H](c2cccc(-c3ccccc3)n2)[C@@H](c2ccccc2)O1. The fraction of sp³-hybridized carbons (Fsp3) is 0.100. The lowest BCUT2D eigenvalue weighted by Crippen LogP contribution is -2.20. The zero-order chi connectivity index (χ0) is 16.4. The highest BCUT2D eigenvalue weighted by atomic mass is 16.6. The van der Waals surface area contributed by atoms with Gasteiger partial charge in [0.1, 0.15) is 6.04 Å². The van der Waals surface area contributed by atoms with E-state index in [9.17, 15) is 4.79 Å². The first-order valence-electron chi connectivity index (χ1n) is 7.86. The van der Waals surface area contributed by atoms with Crippen LogP contribution in [0.3, 0.4) is 0 Å². The van der Waals surface area contributed by atoms with Crippen molar-refractivity contribution >= 4 is 6.09 Å². The molecule has 2 atom stereocenters. The maximum absolute atomic E-state index is 11.8. The van der Waals surface area contributed by atoms with Gasteiger partial charge in [-0.3, -0.25) is 4.98 Å². The van der Waals surface area contributed by atoms with Gasteiger partial charge in [-0.05, 0) is 17.7 Å². The molecule has 0 radical (unpaired) electrons. The van der Waals surface area contributed by atoms with E-state index in [-0.39, 0.29) is 12.1 Å². The van der Waals surface area contributed by atoms with Crippen molar-refractivity contribution in [2.24, 2.45) is 0 Å². The number of pyridine rings is 1. The zero-order valence-electron chi connectivity index (χ0n) is 12.9. The van der Waals surface area contributed by atoms with Crippen LogP contribution in [-0.2, 0) is 4.74 Å². The van der Waals surface area contributed by atoms with Crippen molar-refractivity contribution in [1.29, 1.82) is 0 Å². The fourth-order valence-corrected chi connectivity index (χ4v) is 2.95. The molecule has 0 bridgehead atoms. The lowest BCUT2D eigenvalue weighted by Gasteiger charge is -2.17. The molecule has 1 aromatic heterocycles. The number of carbonyl (C=O) groups excluding carboxylic acids is 1. The summed E-state index contributed by atoms with van der Waals surface area (Å²) in [6.07, 6.45) is -0.794. The minimum Gasteiger partial charge on any atom is -0.439 e. The smallest absolute Gasteiger partial charge is 0.408 e. The van der Waals surface area contributed by atoms with E-state index in [1.165, 1.54) is 0 Å². The Bertz CT molecular complexity index is 850. The van der Waals surface area contributed by atoms with E-state index in [1.807, 2.05) is 78.9 Å². The van der Waals surface area contributed by atoms with E-state index in [0.29, 0.717) is 0 Å². The third-order valence-corrected chi connectivity index (χ3v) is 4.10. The normalized spacial score (nSPS) is 19.6. The van der Waals surface area contributed by atoms with Gasteiger partial charge in [0.05, 0.1) is 11.4 Å².